The second-order valence-electron chi connectivity index (χ2n) is 7.34. The van der Waals surface area contributed by atoms with E-state index in [-0.39, 0.29) is 24.0 Å². The molecule has 2 aromatic rings. The minimum atomic E-state index is -0.412. The monoisotopic (exact) mass is 533 g/mol. The highest BCUT2D eigenvalue weighted by molar-refractivity contribution is 14.0. The lowest BCUT2D eigenvalue weighted by Gasteiger charge is -2.36. The van der Waals surface area contributed by atoms with E-state index in [0.717, 1.165) is 50.8 Å². The van der Waals surface area contributed by atoms with Gasteiger partial charge >= 0.3 is 0 Å². The number of hydrogen-bond acceptors (Lipinski definition) is 3. The van der Waals surface area contributed by atoms with Gasteiger partial charge in [0.05, 0.1) is 6.54 Å². The SMILES string of the molecule is CCNC(=NCc1cccc(C(N)=O)c1)N1CCN(C/C=C/c2ccccc2)CC1.I. The molecule has 31 heavy (non-hydrogen) atoms. The number of primary amides is 1. The molecular weight excluding hydrogens is 501 g/mol. The predicted octanol–water partition coefficient (Wildman–Crippen LogP) is 3.20. The van der Waals surface area contributed by atoms with Crippen LogP contribution >= 0.6 is 24.0 Å². The minimum Gasteiger partial charge on any atom is -0.366 e. The largest absolute Gasteiger partial charge is 0.366 e. The van der Waals surface area contributed by atoms with Gasteiger partial charge in [-0.1, -0.05) is 54.6 Å². The molecule has 6 nitrogen and oxygen atoms in total. The van der Waals surface area contributed by atoms with Crippen LogP contribution in [0.5, 0.6) is 0 Å². The van der Waals surface area contributed by atoms with Crippen molar-refractivity contribution in [3.8, 4) is 0 Å². The van der Waals surface area contributed by atoms with Crippen molar-refractivity contribution in [2.45, 2.75) is 13.5 Å². The molecule has 1 aliphatic rings. The number of amides is 1. The summed E-state index contributed by atoms with van der Waals surface area (Å²) in [6.45, 7) is 8.24. The number of rotatable bonds is 7. The smallest absolute Gasteiger partial charge is 0.248 e. The normalized spacial score (nSPS) is 15.0. The zero-order valence-corrected chi connectivity index (χ0v) is 20.4. The first-order valence-electron chi connectivity index (χ1n) is 10.5. The molecule has 0 spiro atoms. The molecule has 7 heteroatoms. The number of carbonyl (C=O) groups excluding carboxylic acids is 1. The summed E-state index contributed by atoms with van der Waals surface area (Å²) in [5, 5.41) is 3.39. The zero-order chi connectivity index (χ0) is 21.2. The van der Waals surface area contributed by atoms with Crippen LogP contribution in [-0.2, 0) is 6.54 Å². The van der Waals surface area contributed by atoms with Gasteiger partial charge < -0.3 is 16.0 Å². The summed E-state index contributed by atoms with van der Waals surface area (Å²) < 4.78 is 0. The first-order chi connectivity index (χ1) is 14.7. The Morgan fingerprint density at radius 2 is 1.84 bits per heavy atom. The van der Waals surface area contributed by atoms with E-state index in [1.54, 1.807) is 6.07 Å². The molecule has 2 aromatic carbocycles. The quantitative estimate of drug-likeness (QED) is 0.326. The maximum absolute atomic E-state index is 11.4. The Morgan fingerprint density at radius 1 is 1.10 bits per heavy atom. The number of nitrogens with one attached hydrogen (secondary N) is 1. The molecule has 0 saturated carbocycles. The lowest BCUT2D eigenvalue weighted by molar-refractivity contribution is 0.1000. The Kier molecular flexibility index (Phi) is 10.5. The molecule has 0 bridgehead atoms. The predicted molar refractivity (Wildman–Crippen MR) is 139 cm³/mol. The molecule has 0 aromatic heterocycles. The Morgan fingerprint density at radius 3 is 2.52 bits per heavy atom. The van der Waals surface area contributed by atoms with Gasteiger partial charge in [0.1, 0.15) is 0 Å². The first kappa shape index (κ1) is 24.9. The summed E-state index contributed by atoms with van der Waals surface area (Å²) in [5.41, 5.74) is 8.11. The third kappa shape index (κ3) is 7.99. The minimum absolute atomic E-state index is 0. The Hall–Kier alpha value is -2.39. The van der Waals surface area contributed by atoms with Crippen molar-refractivity contribution in [1.29, 1.82) is 0 Å². The van der Waals surface area contributed by atoms with Crippen LogP contribution in [0.4, 0.5) is 0 Å². The van der Waals surface area contributed by atoms with Crippen molar-refractivity contribution in [2.24, 2.45) is 10.7 Å². The van der Waals surface area contributed by atoms with Gasteiger partial charge in [-0.2, -0.15) is 0 Å². The number of guanidine groups is 1. The van der Waals surface area contributed by atoms with Gasteiger partial charge in [0.2, 0.25) is 5.91 Å². The summed E-state index contributed by atoms with van der Waals surface area (Å²) in [6, 6.07) is 17.7. The van der Waals surface area contributed by atoms with E-state index in [9.17, 15) is 4.79 Å². The van der Waals surface area contributed by atoms with Gasteiger partial charge in [-0.25, -0.2) is 4.99 Å². The number of benzene rings is 2. The summed E-state index contributed by atoms with van der Waals surface area (Å²) in [6.07, 6.45) is 4.41. The highest BCUT2D eigenvalue weighted by atomic mass is 127. The van der Waals surface area contributed by atoms with Crippen LogP contribution in [0.2, 0.25) is 0 Å². The number of nitrogens with two attached hydrogens (primary N) is 1. The van der Waals surface area contributed by atoms with E-state index in [2.05, 4.69) is 58.5 Å². The summed E-state index contributed by atoms with van der Waals surface area (Å²) in [5.74, 6) is 0.506. The molecule has 3 N–H and O–H groups in total. The highest BCUT2D eigenvalue weighted by Gasteiger charge is 2.18. The molecule has 1 aliphatic heterocycles. The average molecular weight is 533 g/mol. The first-order valence-corrected chi connectivity index (χ1v) is 10.5. The molecule has 1 fully saturated rings. The van der Waals surface area contributed by atoms with Crippen molar-refractivity contribution in [3.63, 3.8) is 0 Å². The molecular formula is C24H32IN5O. The Balaban J connectivity index is 0.00000341. The van der Waals surface area contributed by atoms with Gasteiger partial charge in [0.15, 0.2) is 5.96 Å². The topological polar surface area (TPSA) is 74.0 Å². The van der Waals surface area contributed by atoms with Crippen LogP contribution < -0.4 is 11.1 Å². The zero-order valence-electron chi connectivity index (χ0n) is 18.0. The van der Waals surface area contributed by atoms with Gasteiger partial charge in [-0.05, 0) is 30.2 Å². The third-order valence-electron chi connectivity index (χ3n) is 5.10. The summed E-state index contributed by atoms with van der Waals surface area (Å²) >= 11 is 0. The number of halogens is 1. The number of aliphatic imine (C=N–C) groups is 1. The van der Waals surface area contributed by atoms with Crippen LogP contribution in [0.3, 0.4) is 0 Å². The van der Waals surface area contributed by atoms with Crippen molar-refractivity contribution in [2.75, 3.05) is 39.3 Å². The fourth-order valence-electron chi connectivity index (χ4n) is 3.46. The van der Waals surface area contributed by atoms with E-state index >= 15 is 0 Å². The molecule has 1 amide bonds. The molecule has 3 rings (SSSR count). The third-order valence-corrected chi connectivity index (χ3v) is 5.10. The maximum Gasteiger partial charge on any atom is 0.248 e. The van der Waals surface area contributed by atoms with Crippen LogP contribution in [0, 0.1) is 0 Å². The molecule has 166 valence electrons. The van der Waals surface area contributed by atoms with Gasteiger partial charge in [-0.15, -0.1) is 24.0 Å². The van der Waals surface area contributed by atoms with Gasteiger partial charge in [-0.3, -0.25) is 9.69 Å². The highest BCUT2D eigenvalue weighted by Crippen LogP contribution is 2.08. The maximum atomic E-state index is 11.4. The van der Waals surface area contributed by atoms with Gasteiger partial charge in [0.25, 0.3) is 0 Å². The second-order valence-corrected chi connectivity index (χ2v) is 7.34. The van der Waals surface area contributed by atoms with Crippen LogP contribution in [0.25, 0.3) is 6.08 Å². The van der Waals surface area contributed by atoms with Crippen molar-refractivity contribution in [3.05, 3.63) is 77.4 Å². The van der Waals surface area contributed by atoms with Crippen molar-refractivity contribution in [1.82, 2.24) is 15.1 Å². The summed E-state index contributed by atoms with van der Waals surface area (Å²) in [7, 11) is 0. The van der Waals surface area contributed by atoms with Crippen LogP contribution in [0.1, 0.15) is 28.4 Å². The Bertz CT molecular complexity index is 877. The standard InChI is InChI=1S/C24H31N5O.HI/c1-2-26-24(27-19-21-10-6-12-22(18-21)23(25)30)29-16-14-28(15-17-29)13-7-11-20-8-4-3-5-9-20;/h3-12,18H,2,13-17,19H2,1H3,(H2,25,30)(H,26,27);1H/b11-7+;. The van der Waals surface area contributed by atoms with E-state index in [1.165, 1.54) is 5.56 Å². The molecule has 1 saturated heterocycles. The van der Waals surface area contributed by atoms with E-state index in [1.807, 2.05) is 24.3 Å². The summed E-state index contributed by atoms with van der Waals surface area (Å²) in [4.78, 5) is 20.9. The lowest BCUT2D eigenvalue weighted by Crippen LogP contribution is -2.52. The second kappa shape index (κ2) is 13.1. The fraction of sp³-hybridized carbons (Fsp3) is 0.333. The molecule has 0 aliphatic carbocycles. The Labute approximate surface area is 202 Å². The van der Waals surface area contributed by atoms with Crippen LogP contribution in [0.15, 0.2) is 65.7 Å². The fourth-order valence-corrected chi connectivity index (χ4v) is 3.46. The number of piperazine rings is 1. The number of nitrogens with zero attached hydrogens (tertiary/aromatic N) is 3. The van der Waals surface area contributed by atoms with Crippen molar-refractivity contribution >= 4 is 41.9 Å². The average Bonchev–Trinajstić information content (AvgIpc) is 2.78. The van der Waals surface area contributed by atoms with Crippen LogP contribution in [-0.4, -0.2) is 60.9 Å². The molecule has 0 atom stereocenters. The number of carbonyl (C=O) groups is 1. The molecule has 0 unspecified atom stereocenters. The number of hydrogen-bond donors (Lipinski definition) is 2. The lowest BCUT2D eigenvalue weighted by atomic mass is 10.1. The van der Waals surface area contributed by atoms with Crippen molar-refractivity contribution < 1.29 is 4.79 Å². The molecule has 0 radical (unpaired) electrons. The van der Waals surface area contributed by atoms with Gasteiger partial charge in [0, 0.05) is 44.8 Å². The van der Waals surface area contributed by atoms with E-state index in [4.69, 9.17) is 10.7 Å². The molecule has 1 heterocycles. The van der Waals surface area contributed by atoms with E-state index < -0.39 is 5.91 Å². The van der Waals surface area contributed by atoms with E-state index in [0.29, 0.717) is 12.1 Å².